The van der Waals surface area contributed by atoms with Crippen LogP contribution in [-0.2, 0) is 0 Å². The number of nitrogens with zero attached hydrogens (tertiary/aromatic N) is 1. The molecule has 3 atom stereocenters. The minimum absolute atomic E-state index is 0.329. The van der Waals surface area contributed by atoms with Gasteiger partial charge in [0.2, 0.25) is 0 Å². The number of rotatable bonds is 5. The van der Waals surface area contributed by atoms with E-state index in [0.717, 1.165) is 44.1 Å². The molecule has 4 heteroatoms. The fraction of sp³-hybridized carbons (Fsp3) is 0.667. The zero-order chi connectivity index (χ0) is 15.2. The van der Waals surface area contributed by atoms with E-state index in [1.807, 2.05) is 23.9 Å². The first-order valence-electron chi connectivity index (χ1n) is 8.46. The average Bonchev–Trinajstić information content (AvgIpc) is 3.11. The van der Waals surface area contributed by atoms with Crippen molar-refractivity contribution >= 4 is 11.8 Å². The van der Waals surface area contributed by atoms with Gasteiger partial charge in [0.1, 0.15) is 5.75 Å². The van der Waals surface area contributed by atoms with Crippen molar-refractivity contribution in [3.63, 3.8) is 0 Å². The minimum atomic E-state index is -0.341. The molecule has 3 nitrogen and oxygen atoms in total. The second-order valence-corrected chi connectivity index (χ2v) is 8.62. The summed E-state index contributed by atoms with van der Waals surface area (Å²) in [6, 6.07) is 7.45. The van der Waals surface area contributed by atoms with E-state index in [9.17, 15) is 10.2 Å². The zero-order valence-electron chi connectivity index (χ0n) is 12.9. The normalized spacial score (nSPS) is 35.0. The van der Waals surface area contributed by atoms with E-state index in [4.69, 9.17) is 0 Å². The van der Waals surface area contributed by atoms with Crippen molar-refractivity contribution in [2.24, 2.45) is 17.8 Å². The molecule has 0 aromatic heterocycles. The third kappa shape index (κ3) is 3.29. The Morgan fingerprint density at radius 2 is 1.73 bits per heavy atom. The quantitative estimate of drug-likeness (QED) is 0.817. The molecule has 0 radical (unpaired) electrons. The summed E-state index contributed by atoms with van der Waals surface area (Å²) in [4.78, 5) is 3.74. The van der Waals surface area contributed by atoms with Crippen LogP contribution in [-0.4, -0.2) is 39.7 Å². The lowest BCUT2D eigenvalue weighted by Crippen LogP contribution is -2.30. The van der Waals surface area contributed by atoms with Crippen LogP contribution in [0, 0.1) is 17.8 Å². The zero-order valence-corrected chi connectivity index (χ0v) is 13.8. The van der Waals surface area contributed by atoms with Crippen LogP contribution in [0.1, 0.15) is 32.1 Å². The molecule has 0 spiro atoms. The summed E-state index contributed by atoms with van der Waals surface area (Å²) < 4.78 is 0. The number of phenols is 1. The number of hydrogen-bond acceptors (Lipinski definition) is 4. The molecule has 3 fully saturated rings. The van der Waals surface area contributed by atoms with Crippen molar-refractivity contribution in [1.82, 2.24) is 4.90 Å². The molecule has 2 aliphatic carbocycles. The lowest BCUT2D eigenvalue weighted by molar-refractivity contribution is 0.0220. The van der Waals surface area contributed by atoms with E-state index < -0.39 is 0 Å². The molecule has 3 aliphatic rings. The highest BCUT2D eigenvalue weighted by Gasteiger charge is 2.49. The molecule has 120 valence electrons. The first-order chi connectivity index (χ1) is 10.6. The average molecular weight is 319 g/mol. The molecule has 1 aromatic carbocycles. The molecule has 4 rings (SSSR count). The Kier molecular flexibility index (Phi) is 3.87. The van der Waals surface area contributed by atoms with E-state index in [-0.39, 0.29) is 5.60 Å². The fourth-order valence-electron chi connectivity index (χ4n) is 4.40. The van der Waals surface area contributed by atoms with Crippen molar-refractivity contribution in [1.29, 1.82) is 0 Å². The number of likely N-dealkylation sites (tertiary alicyclic amines) is 1. The Morgan fingerprint density at radius 1 is 1.09 bits per heavy atom. The van der Waals surface area contributed by atoms with Gasteiger partial charge < -0.3 is 10.2 Å². The first kappa shape index (κ1) is 14.9. The van der Waals surface area contributed by atoms with Crippen molar-refractivity contribution in [3.05, 3.63) is 24.3 Å². The lowest BCUT2D eigenvalue weighted by atomic mass is 9.93. The maximum Gasteiger partial charge on any atom is 0.115 e. The van der Waals surface area contributed by atoms with Crippen molar-refractivity contribution in [2.45, 2.75) is 42.6 Å². The smallest absolute Gasteiger partial charge is 0.115 e. The van der Waals surface area contributed by atoms with E-state index in [1.54, 1.807) is 12.1 Å². The van der Waals surface area contributed by atoms with E-state index in [0.29, 0.717) is 17.6 Å². The Morgan fingerprint density at radius 3 is 2.32 bits per heavy atom. The van der Waals surface area contributed by atoms with Crippen LogP contribution in [0.4, 0.5) is 0 Å². The standard InChI is InChI=1S/C18H25NO2S/c20-16-3-5-17(6-4-16)22-12-19-10-14-8-18(21,7-13-1-2-13)9-15(14)11-19/h3-6,13-15,20-21H,1-2,7-12H2/t14-,15+,18?. The van der Waals surface area contributed by atoms with Crippen LogP contribution in [0.2, 0.25) is 0 Å². The molecule has 0 amide bonds. The Balaban J connectivity index is 1.27. The fourth-order valence-corrected chi connectivity index (χ4v) is 5.27. The highest BCUT2D eigenvalue weighted by atomic mass is 32.2. The lowest BCUT2D eigenvalue weighted by Gasteiger charge is -2.25. The van der Waals surface area contributed by atoms with Crippen molar-refractivity contribution in [2.75, 3.05) is 19.0 Å². The van der Waals surface area contributed by atoms with E-state index >= 15 is 0 Å². The Labute approximate surface area is 136 Å². The number of aromatic hydroxyl groups is 1. The molecular formula is C18H25NO2S. The third-order valence-corrected chi connectivity index (χ3v) is 6.65. The molecule has 1 aromatic rings. The highest BCUT2D eigenvalue weighted by Crippen LogP contribution is 2.50. The molecule has 1 saturated heterocycles. The molecule has 0 bridgehead atoms. The molecular weight excluding hydrogens is 294 g/mol. The van der Waals surface area contributed by atoms with Crippen LogP contribution in [0.25, 0.3) is 0 Å². The number of thioether (sulfide) groups is 1. The van der Waals surface area contributed by atoms with Crippen LogP contribution < -0.4 is 0 Å². The summed E-state index contributed by atoms with van der Waals surface area (Å²) in [5.41, 5.74) is -0.341. The summed E-state index contributed by atoms with van der Waals surface area (Å²) >= 11 is 1.84. The SMILES string of the molecule is Oc1ccc(SCN2C[C@@H]3CC(O)(CC4CC4)C[C@@H]3C2)cc1. The predicted molar refractivity (Wildman–Crippen MR) is 88.9 cm³/mol. The summed E-state index contributed by atoms with van der Waals surface area (Å²) in [5, 5.41) is 20.1. The van der Waals surface area contributed by atoms with Gasteiger partial charge in [0.05, 0.1) is 5.60 Å². The van der Waals surface area contributed by atoms with E-state index in [2.05, 4.69) is 4.90 Å². The number of benzene rings is 1. The first-order valence-corrected chi connectivity index (χ1v) is 9.45. The number of fused-ring (bicyclic) bond motifs is 1. The molecule has 22 heavy (non-hydrogen) atoms. The van der Waals surface area contributed by atoms with Gasteiger partial charge >= 0.3 is 0 Å². The topological polar surface area (TPSA) is 43.7 Å². The number of aliphatic hydroxyl groups is 1. The summed E-state index contributed by atoms with van der Waals surface area (Å²) in [5.74, 6) is 3.56. The van der Waals surface area contributed by atoms with Gasteiger partial charge in [-0.2, -0.15) is 0 Å². The number of hydrogen-bond donors (Lipinski definition) is 2. The molecule has 2 saturated carbocycles. The molecule has 1 heterocycles. The Bertz CT molecular complexity index is 514. The highest BCUT2D eigenvalue weighted by molar-refractivity contribution is 7.99. The second-order valence-electron chi connectivity index (χ2n) is 7.60. The maximum atomic E-state index is 10.8. The van der Waals surface area contributed by atoms with Gasteiger partial charge in [0.25, 0.3) is 0 Å². The van der Waals surface area contributed by atoms with Crippen molar-refractivity contribution in [3.8, 4) is 5.75 Å². The summed E-state index contributed by atoms with van der Waals surface area (Å²) in [6.45, 7) is 2.28. The van der Waals surface area contributed by atoms with Crippen LogP contribution >= 0.6 is 11.8 Å². The van der Waals surface area contributed by atoms with Gasteiger partial charge in [-0.3, -0.25) is 4.90 Å². The van der Waals surface area contributed by atoms with Gasteiger partial charge in [0.15, 0.2) is 0 Å². The molecule has 1 aliphatic heterocycles. The van der Waals surface area contributed by atoms with E-state index in [1.165, 1.54) is 17.7 Å². The third-order valence-electron chi connectivity index (χ3n) is 5.55. The number of phenolic OH excluding ortho intramolecular Hbond substituents is 1. The minimum Gasteiger partial charge on any atom is -0.508 e. The monoisotopic (exact) mass is 319 g/mol. The van der Waals surface area contributed by atoms with Crippen LogP contribution in [0.3, 0.4) is 0 Å². The van der Waals surface area contributed by atoms with Gasteiger partial charge in [-0.1, -0.05) is 12.8 Å². The molecule has 1 unspecified atom stereocenters. The van der Waals surface area contributed by atoms with Crippen molar-refractivity contribution < 1.29 is 10.2 Å². The largest absolute Gasteiger partial charge is 0.508 e. The van der Waals surface area contributed by atoms with Gasteiger partial charge in [0, 0.05) is 23.9 Å². The van der Waals surface area contributed by atoms with Gasteiger partial charge in [-0.05, 0) is 61.3 Å². The Hall–Kier alpha value is -0.710. The summed E-state index contributed by atoms with van der Waals surface area (Å²) in [6.07, 6.45) is 5.78. The molecule has 2 N–H and O–H groups in total. The van der Waals surface area contributed by atoms with Crippen LogP contribution in [0.15, 0.2) is 29.2 Å². The maximum absolute atomic E-state index is 10.8. The van der Waals surface area contributed by atoms with Crippen LogP contribution in [0.5, 0.6) is 5.75 Å². The second kappa shape index (κ2) is 5.73. The van der Waals surface area contributed by atoms with Gasteiger partial charge in [-0.15, -0.1) is 11.8 Å². The predicted octanol–water partition coefficient (Wildman–Crippen LogP) is 3.31. The summed E-state index contributed by atoms with van der Waals surface area (Å²) in [7, 11) is 0. The van der Waals surface area contributed by atoms with Gasteiger partial charge in [-0.25, -0.2) is 0 Å².